The second-order valence-electron chi connectivity index (χ2n) is 5.18. The minimum Gasteiger partial charge on any atom is -0.330 e. The Kier molecular flexibility index (Phi) is 5.75. The van der Waals surface area contributed by atoms with Crippen LogP contribution in [0.25, 0.3) is 0 Å². The van der Waals surface area contributed by atoms with Gasteiger partial charge in [0.1, 0.15) is 0 Å². The lowest BCUT2D eigenvalue weighted by Gasteiger charge is -2.22. The van der Waals surface area contributed by atoms with Gasteiger partial charge in [-0.15, -0.1) is 12.4 Å². The number of nitrogens with zero attached hydrogens (tertiary/aromatic N) is 1. The van der Waals surface area contributed by atoms with Crippen molar-refractivity contribution in [3.05, 3.63) is 28.2 Å². The standard InChI is InChI=1S/C12H16Cl2N2O2S.ClH/c1-12(7-15)4-5-16(8-12)19(17,18)9-2-3-10(13)11(14)6-9;/h2-3,6H,4-5,7-8,15H2,1H3;1H. The molecule has 8 heteroatoms. The first kappa shape index (κ1) is 18.0. The lowest BCUT2D eigenvalue weighted by atomic mass is 9.90. The number of benzene rings is 1. The Morgan fingerprint density at radius 3 is 2.50 bits per heavy atom. The zero-order valence-electron chi connectivity index (χ0n) is 11.0. The molecular weight excluding hydrogens is 343 g/mol. The number of rotatable bonds is 3. The molecule has 1 unspecified atom stereocenters. The highest BCUT2D eigenvalue weighted by Crippen LogP contribution is 2.33. The molecule has 2 N–H and O–H groups in total. The van der Waals surface area contributed by atoms with Crippen molar-refractivity contribution >= 4 is 45.6 Å². The Labute approximate surface area is 135 Å². The van der Waals surface area contributed by atoms with Crippen LogP contribution in [-0.2, 0) is 10.0 Å². The Bertz CT molecular complexity index is 594. The van der Waals surface area contributed by atoms with Crippen LogP contribution >= 0.6 is 35.6 Å². The molecule has 20 heavy (non-hydrogen) atoms. The lowest BCUT2D eigenvalue weighted by molar-refractivity contribution is 0.349. The van der Waals surface area contributed by atoms with Gasteiger partial charge in [-0.3, -0.25) is 0 Å². The highest BCUT2D eigenvalue weighted by molar-refractivity contribution is 7.89. The Morgan fingerprint density at radius 1 is 1.35 bits per heavy atom. The second-order valence-corrected chi connectivity index (χ2v) is 7.93. The van der Waals surface area contributed by atoms with Crippen LogP contribution in [0, 0.1) is 5.41 Å². The summed E-state index contributed by atoms with van der Waals surface area (Å²) >= 11 is 11.7. The van der Waals surface area contributed by atoms with E-state index in [1.807, 2.05) is 6.92 Å². The van der Waals surface area contributed by atoms with Gasteiger partial charge < -0.3 is 5.73 Å². The van der Waals surface area contributed by atoms with Crippen molar-refractivity contribution in [1.82, 2.24) is 4.31 Å². The third-order valence-corrected chi connectivity index (χ3v) is 6.12. The fourth-order valence-corrected chi connectivity index (χ4v) is 4.12. The van der Waals surface area contributed by atoms with E-state index in [0.717, 1.165) is 6.42 Å². The topological polar surface area (TPSA) is 63.4 Å². The van der Waals surface area contributed by atoms with Gasteiger partial charge in [-0.1, -0.05) is 30.1 Å². The zero-order valence-corrected chi connectivity index (χ0v) is 14.1. The van der Waals surface area contributed by atoms with Gasteiger partial charge in [0, 0.05) is 13.1 Å². The first-order chi connectivity index (χ1) is 8.78. The monoisotopic (exact) mass is 358 g/mol. The van der Waals surface area contributed by atoms with Crippen molar-refractivity contribution < 1.29 is 8.42 Å². The summed E-state index contributed by atoms with van der Waals surface area (Å²) < 4.78 is 26.4. The van der Waals surface area contributed by atoms with E-state index >= 15 is 0 Å². The Balaban J connectivity index is 0.00000200. The van der Waals surface area contributed by atoms with Crippen molar-refractivity contribution in [2.75, 3.05) is 19.6 Å². The maximum Gasteiger partial charge on any atom is 0.243 e. The molecule has 0 bridgehead atoms. The molecule has 0 aliphatic carbocycles. The average molecular weight is 360 g/mol. The Morgan fingerprint density at radius 2 is 2.00 bits per heavy atom. The molecule has 0 spiro atoms. The summed E-state index contributed by atoms with van der Waals surface area (Å²) in [4.78, 5) is 0.170. The molecule has 1 aliphatic heterocycles. The second kappa shape index (κ2) is 6.38. The van der Waals surface area contributed by atoms with Crippen molar-refractivity contribution in [2.45, 2.75) is 18.2 Å². The van der Waals surface area contributed by atoms with Crippen LogP contribution in [0.1, 0.15) is 13.3 Å². The van der Waals surface area contributed by atoms with Gasteiger partial charge in [0.25, 0.3) is 0 Å². The molecule has 1 saturated heterocycles. The first-order valence-corrected chi connectivity index (χ1v) is 8.13. The first-order valence-electron chi connectivity index (χ1n) is 5.94. The van der Waals surface area contributed by atoms with E-state index in [1.165, 1.54) is 22.5 Å². The number of halogens is 3. The normalized spacial score (nSPS) is 23.6. The summed E-state index contributed by atoms with van der Waals surface area (Å²) in [5.41, 5.74) is 5.55. The van der Waals surface area contributed by atoms with E-state index in [2.05, 4.69) is 0 Å². The summed E-state index contributed by atoms with van der Waals surface area (Å²) in [5.74, 6) is 0. The van der Waals surface area contributed by atoms with Gasteiger partial charge in [-0.2, -0.15) is 4.31 Å². The van der Waals surface area contributed by atoms with Gasteiger partial charge in [-0.25, -0.2) is 8.42 Å². The van der Waals surface area contributed by atoms with Crippen molar-refractivity contribution in [2.24, 2.45) is 11.1 Å². The third kappa shape index (κ3) is 3.40. The zero-order chi connectivity index (χ0) is 14.3. The Hall–Kier alpha value is -0.0400. The molecule has 1 atom stereocenters. The molecule has 0 amide bonds. The van der Waals surface area contributed by atoms with Crippen LogP contribution in [-0.4, -0.2) is 32.4 Å². The molecular formula is C12H17Cl3N2O2S. The van der Waals surface area contributed by atoms with Crippen LogP contribution in [0.2, 0.25) is 10.0 Å². The molecule has 1 aromatic rings. The SMILES string of the molecule is CC1(CN)CCN(S(=O)(=O)c2ccc(Cl)c(Cl)c2)C1.Cl. The van der Waals surface area contributed by atoms with Crippen molar-refractivity contribution in [1.29, 1.82) is 0 Å². The molecule has 1 fully saturated rings. The third-order valence-electron chi connectivity index (χ3n) is 3.54. The van der Waals surface area contributed by atoms with Crippen molar-refractivity contribution in [3.8, 4) is 0 Å². The van der Waals surface area contributed by atoms with Gasteiger partial charge in [0.05, 0.1) is 14.9 Å². The van der Waals surface area contributed by atoms with E-state index < -0.39 is 10.0 Å². The van der Waals surface area contributed by atoms with Crippen LogP contribution in [0.5, 0.6) is 0 Å². The molecule has 0 radical (unpaired) electrons. The minimum atomic E-state index is -3.52. The fraction of sp³-hybridized carbons (Fsp3) is 0.500. The molecule has 4 nitrogen and oxygen atoms in total. The molecule has 1 aromatic carbocycles. The maximum atomic E-state index is 12.5. The molecule has 1 heterocycles. The molecule has 0 saturated carbocycles. The van der Waals surface area contributed by atoms with Gasteiger partial charge in [-0.05, 0) is 36.6 Å². The lowest BCUT2D eigenvalue weighted by Crippen LogP contribution is -2.34. The largest absolute Gasteiger partial charge is 0.330 e. The van der Waals surface area contributed by atoms with Crippen LogP contribution < -0.4 is 5.73 Å². The summed E-state index contributed by atoms with van der Waals surface area (Å²) in [7, 11) is -3.52. The van der Waals surface area contributed by atoms with E-state index in [1.54, 1.807) is 0 Å². The quantitative estimate of drug-likeness (QED) is 0.902. The van der Waals surface area contributed by atoms with Crippen LogP contribution in [0.4, 0.5) is 0 Å². The van der Waals surface area contributed by atoms with Gasteiger partial charge >= 0.3 is 0 Å². The molecule has 1 aliphatic rings. The number of hydrogen-bond acceptors (Lipinski definition) is 3. The predicted molar refractivity (Wildman–Crippen MR) is 84.2 cm³/mol. The average Bonchev–Trinajstić information content (AvgIpc) is 2.77. The highest BCUT2D eigenvalue weighted by Gasteiger charge is 2.39. The van der Waals surface area contributed by atoms with Gasteiger partial charge in [0.15, 0.2) is 0 Å². The summed E-state index contributed by atoms with van der Waals surface area (Å²) in [6.07, 6.45) is 0.768. The van der Waals surface area contributed by atoms with Crippen LogP contribution in [0.15, 0.2) is 23.1 Å². The molecule has 2 rings (SSSR count). The van der Waals surface area contributed by atoms with Gasteiger partial charge in [0.2, 0.25) is 10.0 Å². The molecule has 114 valence electrons. The highest BCUT2D eigenvalue weighted by atomic mass is 35.5. The van der Waals surface area contributed by atoms with E-state index in [9.17, 15) is 8.42 Å². The minimum absolute atomic E-state index is 0. The smallest absolute Gasteiger partial charge is 0.243 e. The van der Waals surface area contributed by atoms with E-state index in [-0.39, 0.29) is 27.7 Å². The maximum absolute atomic E-state index is 12.5. The fourth-order valence-electron chi connectivity index (χ4n) is 2.14. The van der Waals surface area contributed by atoms with Crippen molar-refractivity contribution in [3.63, 3.8) is 0 Å². The summed E-state index contributed by atoms with van der Waals surface area (Å²) in [5, 5.41) is 0.581. The molecule has 0 aromatic heterocycles. The summed E-state index contributed by atoms with van der Waals surface area (Å²) in [6, 6.07) is 4.36. The predicted octanol–water partition coefficient (Wildman–Crippen LogP) is 2.77. The summed E-state index contributed by atoms with van der Waals surface area (Å²) in [6.45, 7) is 3.39. The van der Waals surface area contributed by atoms with Crippen LogP contribution in [0.3, 0.4) is 0 Å². The van der Waals surface area contributed by atoms with E-state index in [0.29, 0.717) is 24.7 Å². The number of hydrogen-bond donors (Lipinski definition) is 1. The number of sulfonamides is 1. The number of nitrogens with two attached hydrogens (primary N) is 1. The van der Waals surface area contributed by atoms with E-state index in [4.69, 9.17) is 28.9 Å².